The highest BCUT2D eigenvalue weighted by Crippen LogP contribution is 2.30. The van der Waals surface area contributed by atoms with Crippen molar-refractivity contribution in [2.45, 2.75) is 0 Å². The van der Waals surface area contributed by atoms with E-state index in [2.05, 4.69) is 15.1 Å². The molecule has 126 valence electrons. The molecule has 7 nitrogen and oxygen atoms in total. The minimum absolute atomic E-state index is 0.0205. The van der Waals surface area contributed by atoms with Crippen LogP contribution >= 0.6 is 11.6 Å². The maximum absolute atomic E-state index is 12.2. The van der Waals surface area contributed by atoms with Gasteiger partial charge in [-0.15, -0.1) is 0 Å². The van der Waals surface area contributed by atoms with Crippen LogP contribution in [0.5, 0.6) is 0 Å². The van der Waals surface area contributed by atoms with Crippen molar-refractivity contribution >= 4 is 38.2 Å². The standard InChI is InChI=1S/C14H19ClN4O3S/c1-22-6-7-23(20,21)19-4-2-18(3-5-19)14-9-11(15)8-13-12(14)10-16-17-13/h8-10H,2-7H2,1H3,(H,16,17). The molecule has 1 fully saturated rings. The number of fused-ring (bicyclic) bond motifs is 1. The molecule has 3 rings (SSSR count). The molecule has 0 unspecified atom stereocenters. The maximum Gasteiger partial charge on any atom is 0.216 e. The van der Waals surface area contributed by atoms with Crippen LogP contribution in [-0.2, 0) is 14.8 Å². The molecule has 1 saturated heterocycles. The average molecular weight is 359 g/mol. The van der Waals surface area contributed by atoms with Gasteiger partial charge in [0.1, 0.15) is 0 Å². The molecule has 1 N–H and O–H groups in total. The zero-order chi connectivity index (χ0) is 16.4. The van der Waals surface area contributed by atoms with E-state index in [1.165, 1.54) is 11.4 Å². The van der Waals surface area contributed by atoms with Gasteiger partial charge in [-0.25, -0.2) is 8.42 Å². The number of sulfonamides is 1. The van der Waals surface area contributed by atoms with Crippen LogP contribution in [-0.4, -0.2) is 68.6 Å². The summed E-state index contributed by atoms with van der Waals surface area (Å²) in [6.07, 6.45) is 1.77. The number of ether oxygens (including phenoxy) is 1. The van der Waals surface area contributed by atoms with Gasteiger partial charge < -0.3 is 9.64 Å². The second-order valence-electron chi connectivity index (χ2n) is 5.45. The van der Waals surface area contributed by atoms with E-state index < -0.39 is 10.0 Å². The Kier molecular flexibility index (Phi) is 4.77. The molecule has 0 atom stereocenters. The monoisotopic (exact) mass is 358 g/mol. The molecule has 2 aromatic rings. The fraction of sp³-hybridized carbons (Fsp3) is 0.500. The fourth-order valence-electron chi connectivity index (χ4n) is 2.78. The summed E-state index contributed by atoms with van der Waals surface area (Å²) in [5.74, 6) is 0.0205. The molecule has 0 spiro atoms. The largest absolute Gasteiger partial charge is 0.384 e. The van der Waals surface area contributed by atoms with E-state index in [1.54, 1.807) is 6.20 Å². The van der Waals surface area contributed by atoms with Crippen molar-refractivity contribution < 1.29 is 13.2 Å². The van der Waals surface area contributed by atoms with Gasteiger partial charge in [-0.05, 0) is 12.1 Å². The van der Waals surface area contributed by atoms with Crippen molar-refractivity contribution in [2.24, 2.45) is 0 Å². The molecular formula is C14H19ClN4O3S. The Morgan fingerprint density at radius 1 is 1.30 bits per heavy atom. The zero-order valence-electron chi connectivity index (χ0n) is 12.8. The number of nitrogens with zero attached hydrogens (tertiary/aromatic N) is 3. The van der Waals surface area contributed by atoms with E-state index in [-0.39, 0.29) is 12.4 Å². The van der Waals surface area contributed by atoms with Crippen LogP contribution in [0.1, 0.15) is 0 Å². The lowest BCUT2D eigenvalue weighted by Crippen LogP contribution is -2.49. The highest BCUT2D eigenvalue weighted by molar-refractivity contribution is 7.89. The Morgan fingerprint density at radius 3 is 2.74 bits per heavy atom. The van der Waals surface area contributed by atoms with Crippen LogP contribution in [0.3, 0.4) is 0 Å². The molecule has 2 heterocycles. The van der Waals surface area contributed by atoms with Crippen LogP contribution in [0.15, 0.2) is 18.3 Å². The number of hydrogen-bond donors (Lipinski definition) is 1. The molecule has 0 aliphatic carbocycles. The number of aromatic amines is 1. The second-order valence-corrected chi connectivity index (χ2v) is 7.98. The lowest BCUT2D eigenvalue weighted by Gasteiger charge is -2.35. The topological polar surface area (TPSA) is 78.5 Å². The van der Waals surface area contributed by atoms with Gasteiger partial charge in [0, 0.05) is 49.4 Å². The fourth-order valence-corrected chi connectivity index (χ4v) is 4.35. The van der Waals surface area contributed by atoms with Crippen LogP contribution < -0.4 is 4.90 Å². The minimum Gasteiger partial charge on any atom is -0.384 e. The Balaban J connectivity index is 1.75. The smallest absolute Gasteiger partial charge is 0.216 e. The number of piperazine rings is 1. The number of benzene rings is 1. The van der Waals surface area contributed by atoms with Crippen LogP contribution in [0.25, 0.3) is 10.9 Å². The molecular weight excluding hydrogens is 340 g/mol. The van der Waals surface area contributed by atoms with E-state index >= 15 is 0 Å². The van der Waals surface area contributed by atoms with Crippen LogP contribution in [0.4, 0.5) is 5.69 Å². The van der Waals surface area contributed by atoms with E-state index in [0.29, 0.717) is 31.2 Å². The Hall–Kier alpha value is -1.35. The van der Waals surface area contributed by atoms with Crippen molar-refractivity contribution in [3.05, 3.63) is 23.4 Å². The summed E-state index contributed by atoms with van der Waals surface area (Å²) in [6.45, 7) is 2.36. The number of aromatic nitrogens is 2. The molecule has 9 heteroatoms. The zero-order valence-corrected chi connectivity index (χ0v) is 14.4. The third-order valence-electron chi connectivity index (χ3n) is 4.02. The van der Waals surface area contributed by atoms with Gasteiger partial charge in [-0.3, -0.25) is 5.10 Å². The Morgan fingerprint density at radius 2 is 2.04 bits per heavy atom. The number of hydrogen-bond acceptors (Lipinski definition) is 5. The quantitative estimate of drug-likeness (QED) is 0.872. The molecule has 0 bridgehead atoms. The first-order valence-electron chi connectivity index (χ1n) is 7.35. The van der Waals surface area contributed by atoms with Crippen molar-refractivity contribution in [3.63, 3.8) is 0 Å². The summed E-state index contributed by atoms with van der Waals surface area (Å²) in [6, 6.07) is 3.73. The second kappa shape index (κ2) is 6.64. The number of methoxy groups -OCH3 is 1. The summed E-state index contributed by atoms with van der Waals surface area (Å²) in [4.78, 5) is 2.14. The van der Waals surface area contributed by atoms with E-state index in [4.69, 9.17) is 16.3 Å². The van der Waals surface area contributed by atoms with E-state index in [9.17, 15) is 8.42 Å². The third-order valence-corrected chi connectivity index (χ3v) is 6.07. The van der Waals surface area contributed by atoms with Crippen molar-refractivity contribution in [1.82, 2.24) is 14.5 Å². The van der Waals surface area contributed by atoms with Gasteiger partial charge in [0.2, 0.25) is 10.0 Å². The van der Waals surface area contributed by atoms with Gasteiger partial charge in [-0.1, -0.05) is 11.6 Å². The molecule has 23 heavy (non-hydrogen) atoms. The maximum atomic E-state index is 12.2. The molecule has 0 radical (unpaired) electrons. The number of halogens is 1. The SMILES string of the molecule is COCCS(=O)(=O)N1CCN(c2cc(Cl)cc3[nH]ncc23)CC1. The average Bonchev–Trinajstić information content (AvgIpc) is 3.00. The lowest BCUT2D eigenvalue weighted by atomic mass is 10.2. The van der Waals surface area contributed by atoms with Gasteiger partial charge in [0.25, 0.3) is 0 Å². The van der Waals surface area contributed by atoms with Crippen LogP contribution in [0.2, 0.25) is 5.02 Å². The van der Waals surface area contributed by atoms with Gasteiger partial charge in [0.05, 0.1) is 24.1 Å². The summed E-state index contributed by atoms with van der Waals surface area (Å²) < 4.78 is 30.8. The number of anilines is 1. The number of rotatable bonds is 5. The minimum atomic E-state index is -3.25. The third kappa shape index (κ3) is 3.45. The Bertz CT molecular complexity index is 784. The summed E-state index contributed by atoms with van der Waals surface area (Å²) in [5, 5.41) is 8.59. The first kappa shape index (κ1) is 16.5. The van der Waals surface area contributed by atoms with Gasteiger partial charge in [0.15, 0.2) is 0 Å². The first-order chi connectivity index (χ1) is 11.0. The predicted octanol–water partition coefficient (Wildman–Crippen LogP) is 1.31. The highest BCUT2D eigenvalue weighted by Gasteiger charge is 2.27. The normalized spacial score (nSPS) is 17.0. The number of H-pyrrole nitrogens is 1. The van der Waals surface area contributed by atoms with Crippen molar-refractivity contribution in [1.29, 1.82) is 0 Å². The van der Waals surface area contributed by atoms with E-state index in [1.807, 2.05) is 12.1 Å². The highest BCUT2D eigenvalue weighted by atomic mass is 35.5. The molecule has 0 saturated carbocycles. The van der Waals surface area contributed by atoms with Gasteiger partial charge >= 0.3 is 0 Å². The Labute approximate surface area is 140 Å². The molecule has 1 aromatic carbocycles. The number of nitrogens with one attached hydrogen (secondary N) is 1. The molecule has 0 amide bonds. The van der Waals surface area contributed by atoms with Crippen molar-refractivity contribution in [3.8, 4) is 0 Å². The van der Waals surface area contributed by atoms with Gasteiger partial charge in [-0.2, -0.15) is 9.40 Å². The lowest BCUT2D eigenvalue weighted by molar-refractivity contribution is 0.215. The van der Waals surface area contributed by atoms with Crippen molar-refractivity contribution in [2.75, 3.05) is 50.5 Å². The predicted molar refractivity (Wildman–Crippen MR) is 90.6 cm³/mol. The molecule has 1 aliphatic heterocycles. The first-order valence-corrected chi connectivity index (χ1v) is 9.34. The van der Waals surface area contributed by atoms with Crippen LogP contribution in [0, 0.1) is 0 Å². The summed E-state index contributed by atoms with van der Waals surface area (Å²) in [7, 11) is -1.75. The summed E-state index contributed by atoms with van der Waals surface area (Å²) >= 11 is 6.16. The molecule has 1 aromatic heterocycles. The van der Waals surface area contributed by atoms with E-state index in [0.717, 1.165) is 16.6 Å². The summed E-state index contributed by atoms with van der Waals surface area (Å²) in [5.41, 5.74) is 1.86. The molecule has 1 aliphatic rings.